The van der Waals surface area contributed by atoms with Crippen LogP contribution in [0.4, 0.5) is 0 Å². The third-order valence-electron chi connectivity index (χ3n) is 2.38. The lowest BCUT2D eigenvalue weighted by atomic mass is 10.1. The van der Waals surface area contributed by atoms with Crippen molar-refractivity contribution in [1.29, 1.82) is 0 Å². The Labute approximate surface area is 114 Å². The van der Waals surface area contributed by atoms with Crippen LogP contribution in [0.15, 0.2) is 24.3 Å². The Kier molecular flexibility index (Phi) is 6.98. The van der Waals surface area contributed by atoms with E-state index in [-0.39, 0.29) is 0 Å². The zero-order valence-corrected chi connectivity index (χ0v) is 11.6. The molecule has 104 valence electrons. The second-order valence-electron chi connectivity index (χ2n) is 3.71. The van der Waals surface area contributed by atoms with Crippen molar-refractivity contribution in [1.82, 2.24) is 0 Å². The molecule has 1 rings (SSSR count). The second kappa shape index (κ2) is 8.54. The van der Waals surface area contributed by atoms with Gasteiger partial charge in [-0.25, -0.2) is 0 Å². The molecular weight excluding hydrogens is 244 g/mol. The minimum Gasteiger partial charge on any atom is -0.497 e. The molecule has 0 saturated heterocycles. The average molecular weight is 264 g/mol. The molecule has 0 radical (unpaired) electrons. The van der Waals surface area contributed by atoms with Gasteiger partial charge >= 0.3 is 0 Å². The number of aliphatic hydroxyl groups is 1. The van der Waals surface area contributed by atoms with Crippen molar-refractivity contribution >= 4 is 0 Å². The Morgan fingerprint density at radius 2 is 1.84 bits per heavy atom. The SMILES string of the molecule is CCOC(C#CC(O)c1cccc(OC)c1)OCC. The third kappa shape index (κ3) is 5.31. The van der Waals surface area contributed by atoms with E-state index in [1.807, 2.05) is 26.0 Å². The van der Waals surface area contributed by atoms with Crippen molar-refractivity contribution in [3.8, 4) is 17.6 Å². The third-order valence-corrected chi connectivity index (χ3v) is 2.38. The van der Waals surface area contributed by atoms with Gasteiger partial charge in [-0.3, -0.25) is 0 Å². The molecule has 1 unspecified atom stereocenters. The van der Waals surface area contributed by atoms with Crippen LogP contribution < -0.4 is 4.74 Å². The van der Waals surface area contributed by atoms with Crippen LogP contribution >= 0.6 is 0 Å². The van der Waals surface area contributed by atoms with Crippen LogP contribution in [0.2, 0.25) is 0 Å². The molecule has 4 heteroatoms. The van der Waals surface area contributed by atoms with Gasteiger partial charge in [-0.15, -0.1) is 0 Å². The molecule has 0 spiro atoms. The van der Waals surface area contributed by atoms with E-state index in [0.29, 0.717) is 24.5 Å². The van der Waals surface area contributed by atoms with Gasteiger partial charge in [-0.1, -0.05) is 18.1 Å². The highest BCUT2D eigenvalue weighted by molar-refractivity contribution is 5.33. The van der Waals surface area contributed by atoms with Gasteiger partial charge in [0.2, 0.25) is 6.29 Å². The Balaban J connectivity index is 2.74. The van der Waals surface area contributed by atoms with Crippen LogP contribution in [-0.4, -0.2) is 31.7 Å². The van der Waals surface area contributed by atoms with Crippen LogP contribution in [0.5, 0.6) is 5.75 Å². The first-order chi connectivity index (χ1) is 9.21. The Hall–Kier alpha value is -1.54. The summed E-state index contributed by atoms with van der Waals surface area (Å²) in [5.74, 6) is 6.18. The molecule has 0 aliphatic rings. The molecule has 0 aliphatic heterocycles. The van der Waals surface area contributed by atoms with Crippen LogP contribution in [-0.2, 0) is 9.47 Å². The summed E-state index contributed by atoms with van der Waals surface area (Å²) < 4.78 is 15.7. The van der Waals surface area contributed by atoms with E-state index in [1.165, 1.54) is 0 Å². The fourth-order valence-corrected chi connectivity index (χ4v) is 1.48. The largest absolute Gasteiger partial charge is 0.497 e. The monoisotopic (exact) mass is 264 g/mol. The van der Waals surface area contributed by atoms with Crippen molar-refractivity contribution in [2.45, 2.75) is 26.2 Å². The lowest BCUT2D eigenvalue weighted by Gasteiger charge is -2.10. The summed E-state index contributed by atoms with van der Waals surface area (Å²) in [6.07, 6.45) is -1.49. The lowest BCUT2D eigenvalue weighted by molar-refractivity contribution is -0.0971. The normalized spacial score (nSPS) is 11.8. The summed E-state index contributed by atoms with van der Waals surface area (Å²) >= 11 is 0. The molecule has 0 fully saturated rings. The molecule has 0 aliphatic carbocycles. The highest BCUT2D eigenvalue weighted by Gasteiger charge is 2.07. The summed E-state index contributed by atoms with van der Waals surface area (Å²) in [7, 11) is 1.58. The summed E-state index contributed by atoms with van der Waals surface area (Å²) in [6.45, 7) is 4.75. The average Bonchev–Trinajstić information content (AvgIpc) is 2.45. The van der Waals surface area contributed by atoms with Crippen molar-refractivity contribution in [3.63, 3.8) is 0 Å². The smallest absolute Gasteiger partial charge is 0.222 e. The molecule has 4 nitrogen and oxygen atoms in total. The quantitative estimate of drug-likeness (QED) is 0.631. The van der Waals surface area contributed by atoms with Gasteiger partial charge in [-0.05, 0) is 37.5 Å². The minimum atomic E-state index is -0.890. The van der Waals surface area contributed by atoms with Gasteiger partial charge in [0.25, 0.3) is 0 Å². The highest BCUT2D eigenvalue weighted by atomic mass is 16.7. The number of rotatable bonds is 6. The molecule has 0 heterocycles. The first-order valence-corrected chi connectivity index (χ1v) is 6.27. The van der Waals surface area contributed by atoms with Crippen LogP contribution in [0.3, 0.4) is 0 Å². The predicted molar refractivity (Wildman–Crippen MR) is 72.8 cm³/mol. The lowest BCUT2D eigenvalue weighted by Crippen LogP contribution is -2.15. The molecule has 1 aromatic carbocycles. The van der Waals surface area contributed by atoms with Gasteiger partial charge in [0.05, 0.1) is 7.11 Å². The van der Waals surface area contributed by atoms with Gasteiger partial charge in [0.15, 0.2) is 0 Å². The van der Waals surface area contributed by atoms with E-state index < -0.39 is 12.4 Å². The molecule has 0 saturated carbocycles. The standard InChI is InChI=1S/C15H20O4/c1-4-18-15(19-5-2)10-9-14(16)12-7-6-8-13(11-12)17-3/h6-8,11,14-16H,4-5H2,1-3H3. The maximum atomic E-state index is 9.99. The van der Waals surface area contributed by atoms with E-state index in [4.69, 9.17) is 14.2 Å². The molecule has 0 amide bonds. The van der Waals surface area contributed by atoms with Crippen molar-refractivity contribution < 1.29 is 19.3 Å². The number of aliphatic hydroxyl groups excluding tert-OH is 1. The van der Waals surface area contributed by atoms with Crippen LogP contribution in [0.25, 0.3) is 0 Å². The number of hydrogen-bond acceptors (Lipinski definition) is 4. The van der Waals surface area contributed by atoms with Gasteiger partial charge < -0.3 is 19.3 Å². The zero-order chi connectivity index (χ0) is 14.1. The van der Waals surface area contributed by atoms with Gasteiger partial charge in [-0.2, -0.15) is 0 Å². The maximum Gasteiger partial charge on any atom is 0.222 e. The fraction of sp³-hybridized carbons (Fsp3) is 0.467. The predicted octanol–water partition coefficient (Wildman–Crippen LogP) is 2.13. The van der Waals surface area contributed by atoms with E-state index in [0.717, 1.165) is 0 Å². The summed E-state index contributed by atoms with van der Waals surface area (Å²) in [6, 6.07) is 7.16. The molecule has 19 heavy (non-hydrogen) atoms. The van der Waals surface area contributed by atoms with Crippen molar-refractivity contribution in [2.75, 3.05) is 20.3 Å². The van der Waals surface area contributed by atoms with E-state index >= 15 is 0 Å². The summed E-state index contributed by atoms with van der Waals surface area (Å²) in [4.78, 5) is 0. The topological polar surface area (TPSA) is 47.9 Å². The summed E-state index contributed by atoms with van der Waals surface area (Å²) in [5.41, 5.74) is 0.679. The number of benzene rings is 1. The highest BCUT2D eigenvalue weighted by Crippen LogP contribution is 2.18. The van der Waals surface area contributed by atoms with E-state index in [1.54, 1.807) is 19.2 Å². The first-order valence-electron chi connectivity index (χ1n) is 6.27. The minimum absolute atomic E-state index is 0.509. The second-order valence-corrected chi connectivity index (χ2v) is 3.71. The van der Waals surface area contributed by atoms with Crippen LogP contribution in [0.1, 0.15) is 25.5 Å². The van der Waals surface area contributed by atoms with Gasteiger partial charge in [0.1, 0.15) is 11.9 Å². The van der Waals surface area contributed by atoms with Gasteiger partial charge in [0, 0.05) is 13.2 Å². The first kappa shape index (κ1) is 15.5. The van der Waals surface area contributed by atoms with Crippen LogP contribution in [0, 0.1) is 11.8 Å². The molecule has 1 aromatic rings. The number of ether oxygens (including phenoxy) is 3. The van der Waals surface area contributed by atoms with E-state index in [9.17, 15) is 5.11 Å². The van der Waals surface area contributed by atoms with Crippen molar-refractivity contribution in [3.05, 3.63) is 29.8 Å². The Bertz CT molecular complexity index is 427. The van der Waals surface area contributed by atoms with Crippen molar-refractivity contribution in [2.24, 2.45) is 0 Å². The van der Waals surface area contributed by atoms with E-state index in [2.05, 4.69) is 11.8 Å². The maximum absolute atomic E-state index is 9.99. The molecule has 1 atom stereocenters. The zero-order valence-electron chi connectivity index (χ0n) is 11.6. The molecule has 0 bridgehead atoms. The number of hydrogen-bond donors (Lipinski definition) is 1. The molecular formula is C15H20O4. The molecule has 0 aromatic heterocycles. The summed E-state index contributed by atoms with van der Waals surface area (Å²) in [5, 5.41) is 9.99. The Morgan fingerprint density at radius 1 is 1.16 bits per heavy atom. The number of methoxy groups -OCH3 is 1. The Morgan fingerprint density at radius 3 is 2.42 bits per heavy atom. The molecule has 1 N–H and O–H groups in total. The fourth-order valence-electron chi connectivity index (χ4n) is 1.48.